The molecule has 188 valence electrons. The van der Waals surface area contributed by atoms with Crippen LogP contribution in [0.15, 0.2) is 54.6 Å². The minimum atomic E-state index is -0.00266. The van der Waals surface area contributed by atoms with Crippen LogP contribution in [0.25, 0.3) is 0 Å². The fourth-order valence-electron chi connectivity index (χ4n) is 3.22. The van der Waals surface area contributed by atoms with Crippen LogP contribution < -0.4 is 15.4 Å². The molecule has 0 aliphatic carbocycles. The van der Waals surface area contributed by atoms with Crippen LogP contribution in [-0.2, 0) is 22.6 Å². The smallest absolute Gasteiger partial charge is 0.293 e. The summed E-state index contributed by atoms with van der Waals surface area (Å²) in [6.07, 6.45) is 13.1. The van der Waals surface area contributed by atoms with Gasteiger partial charge in [-0.3, -0.25) is 4.79 Å². The Balaban J connectivity index is 0.000000512. The number of hydrogen-bond donors (Lipinski definition) is 3. The number of piperidine rings is 1. The summed E-state index contributed by atoms with van der Waals surface area (Å²) in [4.78, 5) is 9.76. The molecule has 0 unspecified atom stereocenters. The van der Waals surface area contributed by atoms with E-state index in [4.69, 9.17) is 9.84 Å². The fraction of sp³-hybridized carbons (Fsp3) is 0.464. The molecule has 1 heterocycles. The van der Waals surface area contributed by atoms with Gasteiger partial charge < -0.3 is 25.2 Å². The van der Waals surface area contributed by atoms with Gasteiger partial charge >= 0.3 is 0 Å². The van der Waals surface area contributed by atoms with Crippen molar-refractivity contribution < 1.29 is 19.4 Å². The maximum atomic E-state index is 9.76. The van der Waals surface area contributed by atoms with Crippen molar-refractivity contribution in [1.29, 1.82) is 0 Å². The molecule has 0 amide bonds. The van der Waals surface area contributed by atoms with Crippen molar-refractivity contribution in [2.24, 2.45) is 0 Å². The first-order chi connectivity index (χ1) is 16.5. The molecule has 0 bridgehead atoms. The Kier molecular flexibility index (Phi) is 19.0. The summed E-state index contributed by atoms with van der Waals surface area (Å²) in [6.45, 7) is 8.38. The molecular formula is C28H42N2O4. The summed E-state index contributed by atoms with van der Waals surface area (Å²) >= 11 is 0. The predicted molar refractivity (Wildman–Crippen MR) is 140 cm³/mol. The highest BCUT2D eigenvalue weighted by Crippen LogP contribution is 2.16. The number of carbonyl (C=O) groups excluding carboxylic acids is 1. The quantitative estimate of drug-likeness (QED) is 0.380. The SMILES string of the molecule is C#C.C1CCNCC1.COc1ccc(CC(C)(C)NCCO)cc1.O=COCc1ccccc1. The Morgan fingerprint density at radius 2 is 1.62 bits per heavy atom. The van der Waals surface area contributed by atoms with Crippen molar-refractivity contribution in [3.05, 3.63) is 65.7 Å². The summed E-state index contributed by atoms with van der Waals surface area (Å²) in [7, 11) is 1.67. The van der Waals surface area contributed by atoms with Gasteiger partial charge in [-0.2, -0.15) is 0 Å². The van der Waals surface area contributed by atoms with Crippen LogP contribution in [-0.4, -0.2) is 50.5 Å². The predicted octanol–water partition coefficient (Wildman–Crippen LogP) is 3.97. The molecule has 6 nitrogen and oxygen atoms in total. The Labute approximate surface area is 206 Å². The number of hydrogen-bond acceptors (Lipinski definition) is 6. The molecule has 0 saturated carbocycles. The van der Waals surface area contributed by atoms with Gasteiger partial charge in [0.1, 0.15) is 12.4 Å². The van der Waals surface area contributed by atoms with Gasteiger partial charge in [-0.25, -0.2) is 0 Å². The minimum Gasteiger partial charge on any atom is -0.497 e. The monoisotopic (exact) mass is 470 g/mol. The summed E-state index contributed by atoms with van der Waals surface area (Å²) in [5.41, 5.74) is 2.27. The number of rotatable bonds is 9. The van der Waals surface area contributed by atoms with E-state index in [2.05, 4.69) is 54.2 Å². The van der Waals surface area contributed by atoms with Crippen LogP contribution in [0.4, 0.5) is 0 Å². The topological polar surface area (TPSA) is 79.8 Å². The first-order valence-electron chi connectivity index (χ1n) is 11.6. The molecule has 0 aromatic heterocycles. The lowest BCUT2D eigenvalue weighted by atomic mass is 9.95. The van der Waals surface area contributed by atoms with Gasteiger partial charge in [0.15, 0.2) is 0 Å². The van der Waals surface area contributed by atoms with E-state index >= 15 is 0 Å². The van der Waals surface area contributed by atoms with Gasteiger partial charge in [0.2, 0.25) is 0 Å². The zero-order chi connectivity index (χ0) is 25.5. The second-order valence-corrected chi connectivity index (χ2v) is 8.26. The van der Waals surface area contributed by atoms with E-state index in [0.717, 1.165) is 17.7 Å². The summed E-state index contributed by atoms with van der Waals surface area (Å²) in [6, 6.07) is 17.6. The largest absolute Gasteiger partial charge is 0.497 e. The third-order valence-electron chi connectivity index (χ3n) is 4.89. The van der Waals surface area contributed by atoms with Crippen molar-refractivity contribution in [3.63, 3.8) is 0 Å². The van der Waals surface area contributed by atoms with Crippen LogP contribution in [0.2, 0.25) is 0 Å². The Morgan fingerprint density at radius 3 is 2.06 bits per heavy atom. The molecule has 1 aliphatic heterocycles. The number of carbonyl (C=O) groups is 1. The minimum absolute atomic E-state index is 0.00266. The number of ether oxygens (including phenoxy) is 2. The number of aliphatic hydroxyl groups is 1. The highest BCUT2D eigenvalue weighted by molar-refractivity contribution is 5.37. The van der Waals surface area contributed by atoms with Crippen LogP contribution in [0.3, 0.4) is 0 Å². The first kappa shape index (κ1) is 31.1. The molecule has 1 aliphatic rings. The van der Waals surface area contributed by atoms with Gasteiger partial charge in [0.05, 0.1) is 13.7 Å². The maximum absolute atomic E-state index is 9.76. The third-order valence-corrected chi connectivity index (χ3v) is 4.89. The average Bonchev–Trinajstić information content (AvgIpc) is 2.90. The number of methoxy groups -OCH3 is 1. The van der Waals surface area contributed by atoms with Crippen molar-refractivity contribution in [1.82, 2.24) is 10.6 Å². The van der Waals surface area contributed by atoms with Crippen LogP contribution in [0.1, 0.15) is 44.2 Å². The summed E-state index contributed by atoms with van der Waals surface area (Å²) in [5.74, 6) is 0.880. The zero-order valence-corrected chi connectivity index (χ0v) is 21.0. The average molecular weight is 471 g/mol. The molecule has 2 aromatic rings. The Bertz CT molecular complexity index is 730. The number of nitrogens with one attached hydrogen (secondary N) is 2. The van der Waals surface area contributed by atoms with E-state index in [9.17, 15) is 4.79 Å². The lowest BCUT2D eigenvalue weighted by Crippen LogP contribution is -2.42. The van der Waals surface area contributed by atoms with Crippen molar-refractivity contribution in [2.75, 3.05) is 33.4 Å². The van der Waals surface area contributed by atoms with E-state index in [0.29, 0.717) is 19.6 Å². The fourth-order valence-corrected chi connectivity index (χ4v) is 3.22. The molecule has 1 saturated heterocycles. The van der Waals surface area contributed by atoms with Crippen LogP contribution in [0, 0.1) is 12.8 Å². The summed E-state index contributed by atoms with van der Waals surface area (Å²) < 4.78 is 9.65. The lowest BCUT2D eigenvalue weighted by molar-refractivity contribution is -0.129. The molecular weight excluding hydrogens is 428 g/mol. The molecule has 3 N–H and O–H groups in total. The molecule has 34 heavy (non-hydrogen) atoms. The number of benzene rings is 2. The van der Waals surface area contributed by atoms with Gasteiger partial charge in [0, 0.05) is 12.1 Å². The Morgan fingerprint density at radius 1 is 1.00 bits per heavy atom. The molecule has 2 aromatic carbocycles. The molecule has 0 radical (unpaired) electrons. The molecule has 0 spiro atoms. The molecule has 0 atom stereocenters. The number of aliphatic hydroxyl groups excluding tert-OH is 1. The number of terminal acetylenes is 1. The van der Waals surface area contributed by atoms with E-state index in [1.54, 1.807) is 7.11 Å². The van der Waals surface area contributed by atoms with E-state index in [1.165, 1.54) is 37.9 Å². The Hall–Kier alpha value is -2.85. The molecule has 6 heteroatoms. The lowest BCUT2D eigenvalue weighted by Gasteiger charge is -2.26. The van der Waals surface area contributed by atoms with Gasteiger partial charge in [0.25, 0.3) is 6.47 Å². The first-order valence-corrected chi connectivity index (χ1v) is 11.6. The van der Waals surface area contributed by atoms with Gasteiger partial charge in [-0.1, -0.05) is 48.9 Å². The zero-order valence-electron chi connectivity index (χ0n) is 21.0. The maximum Gasteiger partial charge on any atom is 0.293 e. The van der Waals surface area contributed by atoms with E-state index < -0.39 is 0 Å². The van der Waals surface area contributed by atoms with Gasteiger partial charge in [-0.05, 0) is 69.5 Å². The van der Waals surface area contributed by atoms with Crippen molar-refractivity contribution in [2.45, 2.75) is 51.7 Å². The highest BCUT2D eigenvalue weighted by atomic mass is 16.5. The van der Waals surface area contributed by atoms with Crippen LogP contribution >= 0.6 is 0 Å². The second-order valence-electron chi connectivity index (χ2n) is 8.26. The highest BCUT2D eigenvalue weighted by Gasteiger charge is 2.16. The van der Waals surface area contributed by atoms with Crippen LogP contribution in [0.5, 0.6) is 5.75 Å². The third kappa shape index (κ3) is 16.7. The van der Waals surface area contributed by atoms with Crippen molar-refractivity contribution >= 4 is 6.47 Å². The van der Waals surface area contributed by atoms with Gasteiger partial charge in [-0.15, -0.1) is 12.8 Å². The van der Waals surface area contributed by atoms with Crippen molar-refractivity contribution in [3.8, 4) is 18.6 Å². The van der Waals surface area contributed by atoms with E-state index in [1.807, 2.05) is 42.5 Å². The molecule has 3 rings (SSSR count). The van der Waals surface area contributed by atoms with E-state index in [-0.39, 0.29) is 12.1 Å². The number of β-amino-alcohol motifs (C(OH)–C–C–N with tert-alkyl or cyclic N) is 1. The summed E-state index contributed by atoms with van der Waals surface area (Å²) in [5, 5.41) is 15.4. The standard InChI is InChI=1S/C13H21NO2.C8H8O2.C5H11N.C2H2/c1-13(2,14-8-9-15)10-11-4-6-12(16-3)7-5-11;9-7-10-6-8-4-2-1-3-5-8;1-2-4-6-5-3-1;1-2/h4-7,14-15H,8-10H2,1-3H3;1-5,7H,6H2;6H,1-5H2;1-2H. The normalized spacial score (nSPS) is 12.3. The second kappa shape index (κ2) is 20.7. The molecule has 1 fully saturated rings.